The molecule has 21 heavy (non-hydrogen) atoms. The zero-order valence-electron chi connectivity index (χ0n) is 12.0. The molecule has 6 heteroatoms. The summed E-state index contributed by atoms with van der Waals surface area (Å²) in [5.41, 5.74) is 0.972. The van der Waals surface area contributed by atoms with Gasteiger partial charge in [-0.3, -0.25) is 0 Å². The molecule has 0 unspecified atom stereocenters. The summed E-state index contributed by atoms with van der Waals surface area (Å²) < 4.78 is 16.5. The van der Waals surface area contributed by atoms with Gasteiger partial charge in [0.1, 0.15) is 17.9 Å². The molecule has 0 amide bonds. The number of aromatic nitrogens is 2. The molecule has 1 aliphatic heterocycles. The molecular weight excluding hydrogens is 270 g/mol. The van der Waals surface area contributed by atoms with E-state index in [1.807, 2.05) is 19.2 Å². The molecule has 0 fully saturated rings. The maximum atomic E-state index is 5.90. The molecule has 0 atom stereocenters. The lowest BCUT2D eigenvalue weighted by Gasteiger charge is -2.12. The van der Waals surface area contributed by atoms with Crippen LogP contribution in [0.15, 0.2) is 24.5 Å². The molecule has 0 bridgehead atoms. The Bertz CT molecular complexity index is 646. The van der Waals surface area contributed by atoms with Gasteiger partial charge in [-0.05, 0) is 18.6 Å². The zero-order valence-corrected chi connectivity index (χ0v) is 12.0. The third kappa shape index (κ3) is 2.69. The molecule has 6 nitrogen and oxygen atoms in total. The van der Waals surface area contributed by atoms with Crippen LogP contribution in [-0.4, -0.2) is 23.8 Å². The van der Waals surface area contributed by atoms with Crippen molar-refractivity contribution in [2.45, 2.75) is 19.8 Å². The average molecular weight is 287 g/mol. The molecule has 0 saturated carbocycles. The maximum absolute atomic E-state index is 5.90. The van der Waals surface area contributed by atoms with E-state index in [0.717, 1.165) is 30.0 Å². The summed E-state index contributed by atoms with van der Waals surface area (Å²) in [6.45, 7) is 2.36. The Kier molecular flexibility index (Phi) is 3.77. The van der Waals surface area contributed by atoms with Gasteiger partial charge >= 0.3 is 0 Å². The summed E-state index contributed by atoms with van der Waals surface area (Å²) in [7, 11) is 1.84. The van der Waals surface area contributed by atoms with Gasteiger partial charge in [-0.15, -0.1) is 0 Å². The standard InChI is InChI=1S/C15H17N3O3/c1-3-4-11-14(16-2)17-8-18-15(11)21-10-5-6-12-13(7-10)20-9-19-12/h5-8H,3-4,9H2,1-2H3,(H,16,17,18). The molecule has 1 aliphatic rings. The molecular formula is C15H17N3O3. The minimum atomic E-state index is 0.247. The second-order valence-electron chi connectivity index (χ2n) is 4.62. The second kappa shape index (κ2) is 5.87. The van der Waals surface area contributed by atoms with Gasteiger partial charge in [0.25, 0.3) is 0 Å². The number of fused-ring (bicyclic) bond motifs is 1. The molecule has 1 aromatic carbocycles. The van der Waals surface area contributed by atoms with Gasteiger partial charge in [0, 0.05) is 13.1 Å². The largest absolute Gasteiger partial charge is 0.454 e. The highest BCUT2D eigenvalue weighted by molar-refractivity contribution is 5.51. The normalized spacial score (nSPS) is 12.3. The van der Waals surface area contributed by atoms with E-state index in [4.69, 9.17) is 14.2 Å². The first-order valence-electron chi connectivity index (χ1n) is 6.91. The van der Waals surface area contributed by atoms with Crippen LogP contribution in [0, 0.1) is 0 Å². The molecule has 0 radical (unpaired) electrons. The van der Waals surface area contributed by atoms with E-state index in [-0.39, 0.29) is 6.79 Å². The number of rotatable bonds is 5. The van der Waals surface area contributed by atoms with Gasteiger partial charge < -0.3 is 19.5 Å². The second-order valence-corrected chi connectivity index (χ2v) is 4.62. The van der Waals surface area contributed by atoms with Crippen LogP contribution in [0.1, 0.15) is 18.9 Å². The van der Waals surface area contributed by atoms with Crippen LogP contribution in [0.2, 0.25) is 0 Å². The molecule has 0 saturated heterocycles. The number of ether oxygens (including phenoxy) is 3. The van der Waals surface area contributed by atoms with Crippen LogP contribution in [0.3, 0.4) is 0 Å². The van der Waals surface area contributed by atoms with Crippen LogP contribution < -0.4 is 19.5 Å². The number of anilines is 1. The highest BCUT2D eigenvalue weighted by atomic mass is 16.7. The third-order valence-corrected chi connectivity index (χ3v) is 3.20. The van der Waals surface area contributed by atoms with Crippen molar-refractivity contribution in [3.63, 3.8) is 0 Å². The minimum Gasteiger partial charge on any atom is -0.454 e. The van der Waals surface area contributed by atoms with Gasteiger partial charge in [0.2, 0.25) is 12.7 Å². The van der Waals surface area contributed by atoms with Crippen LogP contribution in [0.25, 0.3) is 0 Å². The fourth-order valence-corrected chi connectivity index (χ4v) is 2.23. The van der Waals surface area contributed by atoms with Crippen LogP contribution >= 0.6 is 0 Å². The van der Waals surface area contributed by atoms with Crippen molar-refractivity contribution in [2.75, 3.05) is 19.2 Å². The first-order valence-corrected chi connectivity index (χ1v) is 6.91. The van der Waals surface area contributed by atoms with Crippen LogP contribution in [0.4, 0.5) is 5.82 Å². The van der Waals surface area contributed by atoms with E-state index >= 15 is 0 Å². The predicted molar refractivity (Wildman–Crippen MR) is 78.2 cm³/mol. The van der Waals surface area contributed by atoms with E-state index in [9.17, 15) is 0 Å². The number of hydrogen-bond donors (Lipinski definition) is 1. The predicted octanol–water partition coefficient (Wildman–Crippen LogP) is 2.99. The van der Waals surface area contributed by atoms with Crippen molar-refractivity contribution in [3.8, 4) is 23.1 Å². The lowest BCUT2D eigenvalue weighted by atomic mass is 10.1. The van der Waals surface area contributed by atoms with Crippen LogP contribution in [-0.2, 0) is 6.42 Å². The fraction of sp³-hybridized carbons (Fsp3) is 0.333. The summed E-state index contributed by atoms with van der Waals surface area (Å²) >= 11 is 0. The van der Waals surface area contributed by atoms with E-state index in [1.165, 1.54) is 6.33 Å². The Balaban J connectivity index is 1.90. The fourth-order valence-electron chi connectivity index (χ4n) is 2.23. The Morgan fingerprint density at radius 3 is 2.90 bits per heavy atom. The molecule has 2 heterocycles. The SMILES string of the molecule is CCCc1c(NC)ncnc1Oc1ccc2c(c1)OCO2. The van der Waals surface area contributed by atoms with Gasteiger partial charge in [0.05, 0.1) is 5.56 Å². The number of benzene rings is 1. The van der Waals surface area contributed by atoms with Gasteiger partial charge in [0.15, 0.2) is 11.5 Å². The van der Waals surface area contributed by atoms with Gasteiger partial charge in [-0.2, -0.15) is 0 Å². The topological polar surface area (TPSA) is 65.5 Å². The highest BCUT2D eigenvalue weighted by Crippen LogP contribution is 2.37. The molecule has 3 rings (SSSR count). The number of nitrogens with zero attached hydrogens (tertiary/aromatic N) is 2. The lowest BCUT2D eigenvalue weighted by Crippen LogP contribution is -2.03. The first kappa shape index (κ1) is 13.5. The number of nitrogens with one attached hydrogen (secondary N) is 1. The van der Waals surface area contributed by atoms with Crippen molar-refractivity contribution in [1.82, 2.24) is 9.97 Å². The minimum absolute atomic E-state index is 0.247. The first-order chi connectivity index (χ1) is 10.3. The van der Waals surface area contributed by atoms with Crippen molar-refractivity contribution >= 4 is 5.82 Å². The van der Waals surface area contributed by atoms with Crippen molar-refractivity contribution in [1.29, 1.82) is 0 Å². The summed E-state index contributed by atoms with van der Waals surface area (Å²) in [5.74, 6) is 3.44. The smallest absolute Gasteiger partial charge is 0.231 e. The van der Waals surface area contributed by atoms with Gasteiger partial charge in [-0.25, -0.2) is 9.97 Å². The van der Waals surface area contributed by atoms with E-state index in [2.05, 4.69) is 22.2 Å². The molecule has 110 valence electrons. The maximum Gasteiger partial charge on any atom is 0.231 e. The Labute approximate surface area is 123 Å². The zero-order chi connectivity index (χ0) is 14.7. The average Bonchev–Trinajstić information content (AvgIpc) is 2.96. The molecule has 1 aromatic heterocycles. The van der Waals surface area contributed by atoms with Crippen molar-refractivity contribution in [2.24, 2.45) is 0 Å². The molecule has 0 aliphatic carbocycles. The third-order valence-electron chi connectivity index (χ3n) is 3.20. The summed E-state index contributed by atoms with van der Waals surface area (Å²) in [6.07, 6.45) is 3.32. The van der Waals surface area contributed by atoms with Crippen LogP contribution in [0.5, 0.6) is 23.1 Å². The molecule has 2 aromatic rings. The van der Waals surface area contributed by atoms with E-state index in [0.29, 0.717) is 17.4 Å². The lowest BCUT2D eigenvalue weighted by molar-refractivity contribution is 0.174. The summed E-state index contributed by atoms with van der Waals surface area (Å²) in [5, 5.41) is 3.07. The Hall–Kier alpha value is -2.50. The van der Waals surface area contributed by atoms with Gasteiger partial charge in [-0.1, -0.05) is 13.3 Å². The monoisotopic (exact) mass is 287 g/mol. The summed E-state index contributed by atoms with van der Waals surface area (Å²) in [4.78, 5) is 8.48. The van der Waals surface area contributed by atoms with E-state index < -0.39 is 0 Å². The number of hydrogen-bond acceptors (Lipinski definition) is 6. The molecule has 0 spiro atoms. The quantitative estimate of drug-likeness (QED) is 0.912. The van der Waals surface area contributed by atoms with E-state index in [1.54, 1.807) is 6.07 Å². The molecule has 1 N–H and O–H groups in total. The summed E-state index contributed by atoms with van der Waals surface area (Å²) in [6, 6.07) is 5.47. The Morgan fingerprint density at radius 1 is 1.24 bits per heavy atom. The Morgan fingerprint density at radius 2 is 2.10 bits per heavy atom. The highest BCUT2D eigenvalue weighted by Gasteiger charge is 2.16. The van der Waals surface area contributed by atoms with Crippen molar-refractivity contribution < 1.29 is 14.2 Å². The van der Waals surface area contributed by atoms with Crippen molar-refractivity contribution in [3.05, 3.63) is 30.1 Å².